The Morgan fingerprint density at radius 1 is 1.06 bits per heavy atom. The highest BCUT2D eigenvalue weighted by Gasteiger charge is 2.26. The molecule has 32 heavy (non-hydrogen) atoms. The summed E-state index contributed by atoms with van der Waals surface area (Å²) in [6.07, 6.45) is 1.54. The first-order chi connectivity index (χ1) is 15.4. The van der Waals surface area contributed by atoms with Crippen LogP contribution >= 0.6 is 23.2 Å². The molecule has 160 valence electrons. The van der Waals surface area contributed by atoms with Crippen LogP contribution < -0.4 is 4.74 Å². The van der Waals surface area contributed by atoms with E-state index < -0.39 is 10.9 Å². The molecule has 3 aromatic rings. The first-order valence-electron chi connectivity index (χ1n) is 9.34. The van der Waals surface area contributed by atoms with E-state index >= 15 is 0 Å². The number of nitro groups is 1. The highest BCUT2D eigenvalue weighted by Crippen LogP contribution is 2.28. The summed E-state index contributed by atoms with van der Waals surface area (Å²) >= 11 is 12.1. The highest BCUT2D eigenvalue weighted by molar-refractivity contribution is 6.37. The topological polar surface area (TPSA) is 91.0 Å². The number of non-ortho nitro benzene ring substituents is 1. The van der Waals surface area contributed by atoms with Crippen molar-refractivity contribution in [1.29, 1.82) is 0 Å². The average molecular weight is 469 g/mol. The zero-order valence-electron chi connectivity index (χ0n) is 16.3. The van der Waals surface area contributed by atoms with Gasteiger partial charge in [-0.25, -0.2) is 9.79 Å². The minimum atomic E-state index is -0.625. The molecule has 0 aromatic heterocycles. The van der Waals surface area contributed by atoms with Crippen LogP contribution in [0.5, 0.6) is 5.75 Å². The maximum absolute atomic E-state index is 12.4. The van der Waals surface area contributed by atoms with Gasteiger partial charge in [0.05, 0.1) is 15.5 Å². The molecule has 1 heterocycles. The van der Waals surface area contributed by atoms with Gasteiger partial charge in [0, 0.05) is 22.7 Å². The van der Waals surface area contributed by atoms with Gasteiger partial charge in [-0.1, -0.05) is 53.5 Å². The third-order valence-electron chi connectivity index (χ3n) is 4.51. The predicted molar refractivity (Wildman–Crippen MR) is 121 cm³/mol. The van der Waals surface area contributed by atoms with Crippen molar-refractivity contribution in [1.82, 2.24) is 0 Å². The normalized spacial score (nSPS) is 14.2. The van der Waals surface area contributed by atoms with Crippen LogP contribution in [0.3, 0.4) is 0 Å². The van der Waals surface area contributed by atoms with Crippen LogP contribution in [0.2, 0.25) is 10.0 Å². The lowest BCUT2D eigenvalue weighted by atomic mass is 10.1. The molecule has 0 saturated carbocycles. The Kier molecular flexibility index (Phi) is 6.20. The van der Waals surface area contributed by atoms with Gasteiger partial charge < -0.3 is 9.47 Å². The van der Waals surface area contributed by atoms with Crippen LogP contribution in [-0.4, -0.2) is 16.8 Å². The van der Waals surface area contributed by atoms with Crippen molar-refractivity contribution < 1.29 is 19.2 Å². The van der Waals surface area contributed by atoms with Crippen LogP contribution in [0, 0.1) is 10.1 Å². The summed E-state index contributed by atoms with van der Waals surface area (Å²) in [5.41, 5.74) is 1.75. The Balaban J connectivity index is 1.58. The zero-order chi connectivity index (χ0) is 22.7. The third-order valence-corrected chi connectivity index (χ3v) is 5.06. The number of cyclic esters (lactones) is 1. The molecule has 0 bridgehead atoms. The van der Waals surface area contributed by atoms with E-state index in [0.29, 0.717) is 32.5 Å². The fraction of sp³-hybridized carbons (Fsp3) is 0.0435. The van der Waals surface area contributed by atoms with Crippen molar-refractivity contribution in [3.05, 3.63) is 109 Å². The van der Waals surface area contributed by atoms with E-state index in [9.17, 15) is 14.9 Å². The number of carbonyl (C=O) groups is 1. The van der Waals surface area contributed by atoms with Gasteiger partial charge in [-0.3, -0.25) is 10.1 Å². The Labute approximate surface area is 192 Å². The molecule has 0 amide bonds. The van der Waals surface area contributed by atoms with Crippen LogP contribution in [0.4, 0.5) is 5.69 Å². The summed E-state index contributed by atoms with van der Waals surface area (Å²) < 4.78 is 11.1. The van der Waals surface area contributed by atoms with E-state index in [2.05, 4.69) is 4.99 Å². The Hall–Kier alpha value is -3.68. The number of nitrogens with zero attached hydrogens (tertiary/aromatic N) is 2. The second-order valence-corrected chi connectivity index (χ2v) is 7.56. The van der Waals surface area contributed by atoms with Crippen molar-refractivity contribution in [2.45, 2.75) is 6.61 Å². The molecule has 7 nitrogen and oxygen atoms in total. The average Bonchev–Trinajstić information content (AvgIpc) is 3.13. The van der Waals surface area contributed by atoms with Gasteiger partial charge in [0.2, 0.25) is 5.90 Å². The van der Waals surface area contributed by atoms with Crippen LogP contribution in [0.1, 0.15) is 16.7 Å². The fourth-order valence-electron chi connectivity index (χ4n) is 2.99. The summed E-state index contributed by atoms with van der Waals surface area (Å²) in [6, 6.07) is 18.0. The van der Waals surface area contributed by atoms with E-state index in [0.717, 1.165) is 0 Å². The molecule has 0 saturated heterocycles. The number of ether oxygens (including phenoxy) is 2. The zero-order valence-corrected chi connectivity index (χ0v) is 17.8. The molecule has 3 aromatic carbocycles. The smallest absolute Gasteiger partial charge is 0.363 e. The lowest BCUT2D eigenvalue weighted by Gasteiger charge is -2.09. The molecule has 0 N–H and O–H groups in total. The molecule has 0 spiro atoms. The van der Waals surface area contributed by atoms with Gasteiger partial charge in [-0.15, -0.1) is 0 Å². The lowest BCUT2D eigenvalue weighted by molar-refractivity contribution is -0.384. The maximum atomic E-state index is 12.4. The summed E-state index contributed by atoms with van der Waals surface area (Å²) in [5, 5.41) is 11.7. The lowest BCUT2D eigenvalue weighted by Crippen LogP contribution is -2.06. The second-order valence-electron chi connectivity index (χ2n) is 6.71. The molecular weight excluding hydrogens is 455 g/mol. The van der Waals surface area contributed by atoms with Gasteiger partial charge in [0.1, 0.15) is 12.4 Å². The quantitative estimate of drug-likeness (QED) is 0.196. The predicted octanol–water partition coefficient (Wildman–Crippen LogP) is 5.83. The number of hydrogen-bond donors (Lipinski definition) is 0. The number of aliphatic imine (C=N–C) groups is 1. The summed E-state index contributed by atoms with van der Waals surface area (Å²) in [6.45, 7) is 0.112. The Morgan fingerprint density at radius 2 is 1.88 bits per heavy atom. The first kappa shape index (κ1) is 21.5. The van der Waals surface area contributed by atoms with E-state index in [1.165, 1.54) is 18.2 Å². The molecule has 0 fully saturated rings. The number of hydrogen-bond acceptors (Lipinski definition) is 6. The Morgan fingerprint density at radius 3 is 2.66 bits per heavy atom. The molecule has 0 atom stereocenters. The van der Waals surface area contributed by atoms with Gasteiger partial charge in [-0.05, 0) is 35.9 Å². The molecule has 1 aliphatic heterocycles. The first-order valence-corrected chi connectivity index (χ1v) is 10.1. The Bertz CT molecular complexity index is 1290. The standard InChI is InChI=1S/C23H14Cl2N2O5/c24-16-8-9-18(19(25)12-16)22-26-20(23(28)32-22)11-15-5-1-2-7-21(15)31-13-14-4-3-6-17(10-14)27(29)30/h1-12H,13H2/b20-11-. The molecular formula is C23H14Cl2N2O5. The van der Waals surface area contributed by atoms with Crippen LogP contribution in [-0.2, 0) is 16.1 Å². The molecule has 0 radical (unpaired) electrons. The molecule has 0 aliphatic carbocycles. The van der Waals surface area contributed by atoms with Crippen LogP contribution in [0.15, 0.2) is 77.4 Å². The molecule has 9 heteroatoms. The number of rotatable bonds is 6. The van der Waals surface area contributed by atoms with Crippen molar-refractivity contribution in [3.63, 3.8) is 0 Å². The number of para-hydroxylation sites is 1. The minimum Gasteiger partial charge on any atom is -0.488 e. The van der Waals surface area contributed by atoms with Crippen molar-refractivity contribution in [3.8, 4) is 5.75 Å². The second kappa shape index (κ2) is 9.21. The number of nitro benzene ring substituents is 1. The van der Waals surface area contributed by atoms with Gasteiger partial charge in [-0.2, -0.15) is 0 Å². The van der Waals surface area contributed by atoms with Crippen molar-refractivity contribution >= 4 is 46.8 Å². The number of halogens is 2. The monoisotopic (exact) mass is 468 g/mol. The van der Waals surface area contributed by atoms with E-state index in [1.54, 1.807) is 54.6 Å². The maximum Gasteiger partial charge on any atom is 0.363 e. The number of benzene rings is 3. The van der Waals surface area contributed by atoms with Gasteiger partial charge >= 0.3 is 5.97 Å². The molecule has 4 rings (SSSR count). The third kappa shape index (κ3) is 4.80. The highest BCUT2D eigenvalue weighted by atomic mass is 35.5. The fourth-order valence-corrected chi connectivity index (χ4v) is 3.48. The minimum absolute atomic E-state index is 0.0158. The van der Waals surface area contributed by atoms with Gasteiger partial charge in [0.15, 0.2) is 5.70 Å². The van der Waals surface area contributed by atoms with Crippen LogP contribution in [0.25, 0.3) is 6.08 Å². The summed E-state index contributed by atoms with van der Waals surface area (Å²) in [7, 11) is 0. The SMILES string of the molecule is O=C1OC(c2ccc(Cl)cc2Cl)=N/C1=C\c1ccccc1OCc1cccc([N+](=O)[O-])c1. The number of esters is 1. The molecule has 0 unspecified atom stereocenters. The van der Waals surface area contributed by atoms with E-state index in [-0.39, 0.29) is 23.9 Å². The summed E-state index contributed by atoms with van der Waals surface area (Å²) in [4.78, 5) is 27.1. The van der Waals surface area contributed by atoms with Crippen molar-refractivity contribution in [2.24, 2.45) is 4.99 Å². The largest absolute Gasteiger partial charge is 0.488 e. The molecule has 1 aliphatic rings. The van der Waals surface area contributed by atoms with E-state index in [4.69, 9.17) is 32.7 Å². The van der Waals surface area contributed by atoms with Crippen molar-refractivity contribution in [2.75, 3.05) is 0 Å². The van der Waals surface area contributed by atoms with E-state index in [1.807, 2.05) is 0 Å². The summed E-state index contributed by atoms with van der Waals surface area (Å²) in [5.74, 6) is -0.0649. The van der Waals surface area contributed by atoms with Gasteiger partial charge in [0.25, 0.3) is 5.69 Å². The number of carbonyl (C=O) groups excluding carboxylic acids is 1.